The zero-order chi connectivity index (χ0) is 25.9. The first-order valence-electron chi connectivity index (χ1n) is 11.4. The Labute approximate surface area is 203 Å². The number of aromatic nitrogens is 1. The highest BCUT2D eigenvalue weighted by Crippen LogP contribution is 2.34. The monoisotopic (exact) mass is 488 g/mol. The van der Waals surface area contributed by atoms with Crippen molar-refractivity contribution in [2.75, 3.05) is 17.2 Å². The van der Waals surface area contributed by atoms with E-state index in [4.69, 9.17) is 4.74 Å². The molecule has 1 fully saturated rings. The number of benzene rings is 1. The lowest BCUT2D eigenvalue weighted by Gasteiger charge is -2.38. The predicted octanol–water partition coefficient (Wildman–Crippen LogP) is 4.95. The maximum Gasteiger partial charge on any atom is 0.413 e. The lowest BCUT2D eigenvalue weighted by atomic mass is 9.89. The van der Waals surface area contributed by atoms with Crippen molar-refractivity contribution in [1.82, 2.24) is 9.88 Å². The maximum absolute atomic E-state index is 13.8. The first-order chi connectivity index (χ1) is 16.3. The molecule has 2 aromatic rings. The number of pyridine rings is 1. The van der Waals surface area contributed by atoms with Crippen LogP contribution in [0, 0.1) is 24.5 Å². The molecular weight excluding hydrogens is 458 g/mol. The molecule has 1 aromatic heterocycles. The van der Waals surface area contributed by atoms with Crippen LogP contribution in [-0.2, 0) is 14.3 Å². The Balaban J connectivity index is 1.72. The number of carbonyl (C=O) groups is 3. The molecule has 1 aliphatic rings. The van der Waals surface area contributed by atoms with Gasteiger partial charge in [-0.05, 0) is 75.8 Å². The Hall–Kier alpha value is -3.56. The van der Waals surface area contributed by atoms with E-state index in [0.717, 1.165) is 18.6 Å². The first-order valence-corrected chi connectivity index (χ1v) is 11.4. The molecule has 35 heavy (non-hydrogen) atoms. The standard InChI is InChI=1S/C25H30F2N4O4/c1-14-6-9-20(16-7-8-18(26)19(27)11-16)31(13-14)23(33)22(32)29-17-10-15(2)21(28-12-17)30-24(34)35-25(3,4)5/h7-8,10-12,14,20H,6,9,13H2,1-5H3,(H,29,32)(H,28,30,34)/t14-,20+/m0/s1. The molecule has 2 N–H and O–H groups in total. The third-order valence-electron chi connectivity index (χ3n) is 5.56. The molecule has 1 aliphatic heterocycles. The summed E-state index contributed by atoms with van der Waals surface area (Å²) in [7, 11) is 0. The Bertz CT molecular complexity index is 1130. The van der Waals surface area contributed by atoms with E-state index in [2.05, 4.69) is 15.6 Å². The Morgan fingerprint density at radius 2 is 1.80 bits per heavy atom. The minimum atomic E-state index is -1.00. The molecule has 0 saturated carbocycles. The van der Waals surface area contributed by atoms with Crippen LogP contribution >= 0.6 is 0 Å². The van der Waals surface area contributed by atoms with Crippen LogP contribution in [0.4, 0.5) is 25.1 Å². The fourth-order valence-corrected chi connectivity index (χ4v) is 3.93. The minimum absolute atomic E-state index is 0.149. The molecule has 3 amide bonds. The van der Waals surface area contributed by atoms with Crippen molar-refractivity contribution in [1.29, 1.82) is 0 Å². The number of hydrogen-bond donors (Lipinski definition) is 2. The zero-order valence-electron chi connectivity index (χ0n) is 20.4. The molecule has 0 radical (unpaired) electrons. The van der Waals surface area contributed by atoms with Crippen molar-refractivity contribution in [3.8, 4) is 0 Å². The van der Waals surface area contributed by atoms with Crippen LogP contribution < -0.4 is 10.6 Å². The minimum Gasteiger partial charge on any atom is -0.444 e. The van der Waals surface area contributed by atoms with Gasteiger partial charge in [-0.1, -0.05) is 13.0 Å². The molecule has 2 atom stereocenters. The second kappa shape index (κ2) is 10.4. The number of carbonyl (C=O) groups excluding carboxylic acids is 3. The van der Waals surface area contributed by atoms with E-state index in [1.807, 2.05) is 6.92 Å². The van der Waals surface area contributed by atoms with E-state index < -0.39 is 41.2 Å². The van der Waals surface area contributed by atoms with Gasteiger partial charge in [0.1, 0.15) is 11.4 Å². The van der Waals surface area contributed by atoms with Crippen molar-refractivity contribution in [3.05, 3.63) is 53.2 Å². The molecule has 188 valence electrons. The summed E-state index contributed by atoms with van der Waals surface area (Å²) in [6.07, 6.45) is 1.96. The Kier molecular flexibility index (Phi) is 7.72. The number of aryl methyl sites for hydroxylation is 1. The SMILES string of the molecule is Cc1cc(NC(=O)C(=O)N2C[C@@H](C)CC[C@@H]2c2ccc(F)c(F)c2)cnc1NC(=O)OC(C)(C)C. The molecule has 0 bridgehead atoms. The van der Waals surface area contributed by atoms with Crippen LogP contribution in [0.2, 0.25) is 0 Å². The van der Waals surface area contributed by atoms with E-state index in [-0.39, 0.29) is 17.4 Å². The summed E-state index contributed by atoms with van der Waals surface area (Å²) in [4.78, 5) is 43.4. The summed E-state index contributed by atoms with van der Waals surface area (Å²) in [6.45, 7) is 9.17. The molecule has 2 heterocycles. The second-order valence-electron chi connectivity index (χ2n) is 9.80. The lowest BCUT2D eigenvalue weighted by Crippen LogP contribution is -2.46. The number of amides is 3. The van der Waals surface area contributed by atoms with Crippen LogP contribution in [0.1, 0.15) is 57.7 Å². The van der Waals surface area contributed by atoms with Crippen molar-refractivity contribution in [2.45, 2.75) is 59.1 Å². The normalized spacial score (nSPS) is 18.1. The fourth-order valence-electron chi connectivity index (χ4n) is 3.93. The Morgan fingerprint density at radius 1 is 1.09 bits per heavy atom. The molecule has 8 nitrogen and oxygen atoms in total. The predicted molar refractivity (Wildman–Crippen MR) is 127 cm³/mol. The van der Waals surface area contributed by atoms with Gasteiger partial charge >= 0.3 is 17.9 Å². The van der Waals surface area contributed by atoms with Gasteiger partial charge in [-0.2, -0.15) is 0 Å². The number of hydrogen-bond acceptors (Lipinski definition) is 5. The largest absolute Gasteiger partial charge is 0.444 e. The number of ether oxygens (including phenoxy) is 1. The smallest absolute Gasteiger partial charge is 0.413 e. The lowest BCUT2D eigenvalue weighted by molar-refractivity contribution is -0.146. The van der Waals surface area contributed by atoms with Gasteiger partial charge in [-0.3, -0.25) is 14.9 Å². The van der Waals surface area contributed by atoms with E-state index in [1.54, 1.807) is 33.8 Å². The topological polar surface area (TPSA) is 101 Å². The average molecular weight is 489 g/mol. The van der Waals surface area contributed by atoms with E-state index >= 15 is 0 Å². The van der Waals surface area contributed by atoms with Gasteiger partial charge in [0, 0.05) is 6.54 Å². The van der Waals surface area contributed by atoms with Gasteiger partial charge in [0.15, 0.2) is 11.6 Å². The fraction of sp³-hybridized carbons (Fsp3) is 0.440. The van der Waals surface area contributed by atoms with Crippen molar-refractivity contribution in [2.24, 2.45) is 5.92 Å². The molecule has 0 spiro atoms. The first kappa shape index (κ1) is 26.1. The summed E-state index contributed by atoms with van der Waals surface area (Å²) < 4.78 is 32.4. The summed E-state index contributed by atoms with van der Waals surface area (Å²) in [5.41, 5.74) is 0.583. The van der Waals surface area contributed by atoms with Gasteiger partial charge < -0.3 is 15.0 Å². The quantitative estimate of drug-likeness (QED) is 0.595. The van der Waals surface area contributed by atoms with Gasteiger partial charge in [-0.15, -0.1) is 0 Å². The number of likely N-dealkylation sites (tertiary alicyclic amines) is 1. The van der Waals surface area contributed by atoms with Crippen molar-refractivity contribution >= 4 is 29.4 Å². The summed E-state index contributed by atoms with van der Waals surface area (Å²) in [5.74, 6) is -3.22. The van der Waals surface area contributed by atoms with Gasteiger partial charge in [-0.25, -0.2) is 18.6 Å². The second-order valence-corrected chi connectivity index (χ2v) is 9.80. The van der Waals surface area contributed by atoms with E-state index in [0.29, 0.717) is 24.1 Å². The van der Waals surface area contributed by atoms with E-state index in [1.165, 1.54) is 17.2 Å². The Morgan fingerprint density at radius 3 is 2.43 bits per heavy atom. The van der Waals surface area contributed by atoms with Crippen LogP contribution in [0.5, 0.6) is 0 Å². The molecule has 10 heteroatoms. The number of halogens is 2. The molecule has 0 unspecified atom stereocenters. The van der Waals surface area contributed by atoms with Crippen LogP contribution in [0.15, 0.2) is 30.5 Å². The van der Waals surface area contributed by atoms with Crippen molar-refractivity contribution < 1.29 is 27.9 Å². The highest BCUT2D eigenvalue weighted by molar-refractivity contribution is 6.39. The van der Waals surface area contributed by atoms with Gasteiger partial charge in [0.25, 0.3) is 0 Å². The number of anilines is 2. The molecular formula is C25H30F2N4O4. The number of nitrogens with one attached hydrogen (secondary N) is 2. The third kappa shape index (κ3) is 6.74. The number of nitrogens with zero attached hydrogens (tertiary/aromatic N) is 2. The number of piperidine rings is 1. The molecule has 1 saturated heterocycles. The molecule has 1 aromatic carbocycles. The summed E-state index contributed by atoms with van der Waals surface area (Å²) >= 11 is 0. The number of rotatable bonds is 3. The van der Waals surface area contributed by atoms with Gasteiger partial charge in [0.2, 0.25) is 0 Å². The molecule has 0 aliphatic carbocycles. The van der Waals surface area contributed by atoms with E-state index in [9.17, 15) is 23.2 Å². The van der Waals surface area contributed by atoms with Crippen LogP contribution in [-0.4, -0.2) is 39.9 Å². The molecule has 3 rings (SSSR count). The van der Waals surface area contributed by atoms with Gasteiger partial charge in [0.05, 0.1) is 17.9 Å². The van der Waals surface area contributed by atoms with Crippen LogP contribution in [0.3, 0.4) is 0 Å². The average Bonchev–Trinajstić information content (AvgIpc) is 2.75. The zero-order valence-corrected chi connectivity index (χ0v) is 20.4. The highest BCUT2D eigenvalue weighted by atomic mass is 19.2. The maximum atomic E-state index is 13.8. The summed E-state index contributed by atoms with van der Waals surface area (Å²) in [5, 5.41) is 5.08. The third-order valence-corrected chi connectivity index (χ3v) is 5.56. The summed E-state index contributed by atoms with van der Waals surface area (Å²) in [6, 6.07) is 4.54. The highest BCUT2D eigenvalue weighted by Gasteiger charge is 2.34. The van der Waals surface area contributed by atoms with Crippen molar-refractivity contribution in [3.63, 3.8) is 0 Å². The van der Waals surface area contributed by atoms with Crippen LogP contribution in [0.25, 0.3) is 0 Å².